The number of rotatable bonds is 3. The fraction of sp³-hybridized carbons (Fsp3) is 0.524. The maximum absolute atomic E-state index is 13.2. The Labute approximate surface area is 167 Å². The number of nitrogens with one attached hydrogen (secondary N) is 1. The van der Waals surface area contributed by atoms with Crippen molar-refractivity contribution < 1.29 is 22.4 Å². The number of urea groups is 1. The van der Waals surface area contributed by atoms with Crippen LogP contribution < -0.4 is 5.32 Å². The molecule has 8 heteroatoms. The second-order valence-electron chi connectivity index (χ2n) is 7.92. The van der Waals surface area contributed by atoms with E-state index in [4.69, 9.17) is 4.42 Å². The van der Waals surface area contributed by atoms with E-state index in [1.54, 1.807) is 23.2 Å². The van der Waals surface area contributed by atoms with Gasteiger partial charge < -0.3 is 14.6 Å². The van der Waals surface area contributed by atoms with Crippen LogP contribution in [-0.4, -0.2) is 41.0 Å². The number of likely N-dealkylation sites (tertiary alicyclic amines) is 1. The molecule has 1 aliphatic carbocycles. The Bertz CT molecular complexity index is 835. The van der Waals surface area contributed by atoms with E-state index in [2.05, 4.69) is 10.3 Å². The fourth-order valence-corrected chi connectivity index (χ4v) is 4.02. The van der Waals surface area contributed by atoms with Gasteiger partial charge in [0.1, 0.15) is 11.6 Å². The van der Waals surface area contributed by atoms with Crippen molar-refractivity contribution in [1.82, 2.24) is 15.2 Å². The van der Waals surface area contributed by atoms with E-state index < -0.39 is 5.92 Å². The summed E-state index contributed by atoms with van der Waals surface area (Å²) in [5, 5.41) is 2.90. The molecule has 29 heavy (non-hydrogen) atoms. The molecule has 0 bridgehead atoms. The first-order valence-electron chi connectivity index (χ1n) is 10.0. The quantitative estimate of drug-likeness (QED) is 0.783. The van der Waals surface area contributed by atoms with E-state index in [0.29, 0.717) is 37.4 Å². The number of piperidine rings is 1. The third kappa shape index (κ3) is 4.74. The SMILES string of the molecule is O=C(NC1CCC(F)(F)CC1)N1CCC(c2cnc(-c3ccc(F)cc3)o2)CC1. The first kappa shape index (κ1) is 19.8. The van der Waals surface area contributed by atoms with Gasteiger partial charge in [-0.15, -0.1) is 0 Å². The molecule has 1 saturated heterocycles. The van der Waals surface area contributed by atoms with E-state index in [1.165, 1.54) is 12.1 Å². The molecule has 156 valence electrons. The molecule has 1 saturated carbocycles. The van der Waals surface area contributed by atoms with Crippen molar-refractivity contribution in [2.75, 3.05) is 13.1 Å². The van der Waals surface area contributed by atoms with Crippen molar-refractivity contribution in [2.24, 2.45) is 0 Å². The summed E-state index contributed by atoms with van der Waals surface area (Å²) >= 11 is 0. The maximum Gasteiger partial charge on any atom is 0.317 e. The molecule has 4 rings (SSSR count). The van der Waals surface area contributed by atoms with Gasteiger partial charge >= 0.3 is 6.03 Å². The summed E-state index contributed by atoms with van der Waals surface area (Å²) in [6, 6.07) is 5.63. The Hall–Kier alpha value is -2.51. The van der Waals surface area contributed by atoms with Crippen molar-refractivity contribution in [3.05, 3.63) is 42.0 Å². The van der Waals surface area contributed by atoms with Gasteiger partial charge in [-0.05, 0) is 49.9 Å². The zero-order chi connectivity index (χ0) is 20.4. The van der Waals surface area contributed by atoms with E-state index in [0.717, 1.165) is 18.6 Å². The minimum absolute atomic E-state index is 0.161. The number of aromatic nitrogens is 1. The van der Waals surface area contributed by atoms with Gasteiger partial charge in [0, 0.05) is 43.5 Å². The smallest absolute Gasteiger partial charge is 0.317 e. The number of halogens is 3. The summed E-state index contributed by atoms with van der Waals surface area (Å²) in [5.74, 6) is -1.53. The van der Waals surface area contributed by atoms with Gasteiger partial charge in [0.2, 0.25) is 11.8 Å². The Morgan fingerprint density at radius 1 is 1.10 bits per heavy atom. The van der Waals surface area contributed by atoms with Crippen LogP contribution in [0, 0.1) is 5.82 Å². The zero-order valence-electron chi connectivity index (χ0n) is 16.0. The van der Waals surface area contributed by atoms with Crippen LogP contribution in [0.15, 0.2) is 34.9 Å². The van der Waals surface area contributed by atoms with Crippen molar-refractivity contribution in [1.29, 1.82) is 0 Å². The number of nitrogens with zero attached hydrogens (tertiary/aromatic N) is 2. The second-order valence-corrected chi connectivity index (χ2v) is 7.92. The number of alkyl halides is 2. The monoisotopic (exact) mass is 407 g/mol. The highest BCUT2D eigenvalue weighted by Crippen LogP contribution is 2.34. The normalized spacial score (nSPS) is 20.6. The molecule has 0 atom stereocenters. The maximum atomic E-state index is 13.2. The van der Waals surface area contributed by atoms with Crippen LogP contribution in [0.5, 0.6) is 0 Å². The van der Waals surface area contributed by atoms with Crippen molar-refractivity contribution in [3.8, 4) is 11.5 Å². The molecule has 2 aliphatic rings. The van der Waals surface area contributed by atoms with Crippen LogP contribution in [0.25, 0.3) is 11.5 Å². The number of carbonyl (C=O) groups excluding carboxylic acids is 1. The molecule has 0 spiro atoms. The Morgan fingerprint density at radius 3 is 2.41 bits per heavy atom. The van der Waals surface area contributed by atoms with Crippen LogP contribution >= 0.6 is 0 Å². The van der Waals surface area contributed by atoms with Gasteiger partial charge in [-0.3, -0.25) is 0 Å². The van der Waals surface area contributed by atoms with E-state index in [1.807, 2.05) is 0 Å². The van der Waals surface area contributed by atoms with Crippen molar-refractivity contribution in [3.63, 3.8) is 0 Å². The van der Waals surface area contributed by atoms with Crippen LogP contribution in [0.1, 0.15) is 50.2 Å². The van der Waals surface area contributed by atoms with Gasteiger partial charge in [0.05, 0.1) is 6.20 Å². The molecular weight excluding hydrogens is 383 g/mol. The molecule has 1 aliphatic heterocycles. The number of oxazole rings is 1. The summed E-state index contributed by atoms with van der Waals surface area (Å²) in [5.41, 5.74) is 0.715. The molecule has 5 nitrogen and oxygen atoms in total. The first-order chi connectivity index (χ1) is 13.9. The van der Waals surface area contributed by atoms with Crippen LogP contribution in [0.2, 0.25) is 0 Å². The third-order valence-corrected chi connectivity index (χ3v) is 5.84. The van der Waals surface area contributed by atoms with Crippen LogP contribution in [0.4, 0.5) is 18.0 Å². The minimum atomic E-state index is -2.59. The lowest BCUT2D eigenvalue weighted by molar-refractivity contribution is -0.0398. The molecule has 1 aromatic carbocycles. The third-order valence-electron chi connectivity index (χ3n) is 5.84. The predicted molar refractivity (Wildman–Crippen MR) is 101 cm³/mol. The average molecular weight is 407 g/mol. The first-order valence-corrected chi connectivity index (χ1v) is 10.0. The molecule has 0 unspecified atom stereocenters. The lowest BCUT2D eigenvalue weighted by Gasteiger charge is -2.34. The van der Waals surface area contributed by atoms with Gasteiger partial charge in [0.25, 0.3) is 0 Å². The van der Waals surface area contributed by atoms with Crippen LogP contribution in [0.3, 0.4) is 0 Å². The van der Waals surface area contributed by atoms with Crippen molar-refractivity contribution >= 4 is 6.03 Å². The highest BCUT2D eigenvalue weighted by molar-refractivity contribution is 5.74. The largest absolute Gasteiger partial charge is 0.441 e. The molecule has 2 aromatic rings. The molecular formula is C21H24F3N3O2. The fourth-order valence-electron chi connectivity index (χ4n) is 4.02. The zero-order valence-corrected chi connectivity index (χ0v) is 16.0. The summed E-state index contributed by atoms with van der Waals surface area (Å²) in [6.45, 7) is 1.15. The minimum Gasteiger partial charge on any atom is -0.441 e. The number of hydrogen-bond acceptors (Lipinski definition) is 3. The molecule has 1 N–H and O–H groups in total. The van der Waals surface area contributed by atoms with Gasteiger partial charge in [-0.25, -0.2) is 22.9 Å². The topological polar surface area (TPSA) is 58.4 Å². The molecule has 1 aromatic heterocycles. The highest BCUT2D eigenvalue weighted by atomic mass is 19.3. The number of carbonyl (C=O) groups is 1. The summed E-state index contributed by atoms with van der Waals surface area (Å²) in [4.78, 5) is 18.5. The van der Waals surface area contributed by atoms with Gasteiger partial charge in [-0.1, -0.05) is 0 Å². The molecule has 2 amide bonds. The van der Waals surface area contributed by atoms with E-state index in [-0.39, 0.29) is 36.6 Å². The summed E-state index contributed by atoms with van der Waals surface area (Å²) < 4.78 is 45.4. The predicted octanol–water partition coefficient (Wildman–Crippen LogP) is 4.95. The number of hydrogen-bond donors (Lipinski definition) is 1. The lowest BCUT2D eigenvalue weighted by atomic mass is 9.92. The number of amides is 2. The standard InChI is InChI=1S/C21H24F3N3O2/c22-16-3-1-15(2-4-16)19-25-13-18(29-19)14-7-11-27(12-8-14)20(28)26-17-5-9-21(23,24)10-6-17/h1-4,13-14,17H,5-12H2,(H,26,28). The lowest BCUT2D eigenvalue weighted by Crippen LogP contribution is -2.49. The Balaban J connectivity index is 1.28. The Morgan fingerprint density at radius 2 is 1.76 bits per heavy atom. The second kappa shape index (κ2) is 8.08. The summed E-state index contributed by atoms with van der Waals surface area (Å²) in [7, 11) is 0. The average Bonchev–Trinajstić information content (AvgIpc) is 3.20. The highest BCUT2D eigenvalue weighted by Gasteiger charge is 2.36. The van der Waals surface area contributed by atoms with E-state index in [9.17, 15) is 18.0 Å². The number of benzene rings is 1. The molecule has 2 fully saturated rings. The van der Waals surface area contributed by atoms with Gasteiger partial charge in [0.15, 0.2) is 0 Å². The van der Waals surface area contributed by atoms with E-state index >= 15 is 0 Å². The van der Waals surface area contributed by atoms with Gasteiger partial charge in [-0.2, -0.15) is 0 Å². The van der Waals surface area contributed by atoms with Crippen molar-refractivity contribution in [2.45, 2.75) is 56.4 Å². The Kier molecular flexibility index (Phi) is 5.52. The molecule has 0 radical (unpaired) electrons. The molecule has 2 heterocycles. The van der Waals surface area contributed by atoms with Crippen LogP contribution in [-0.2, 0) is 0 Å². The summed E-state index contributed by atoms with van der Waals surface area (Å²) in [6.07, 6.45) is 3.49.